The van der Waals surface area contributed by atoms with E-state index in [0.717, 1.165) is 0 Å². The zero-order chi connectivity index (χ0) is 3.58. The van der Waals surface area contributed by atoms with Crippen molar-refractivity contribution in [3.8, 4) is 0 Å². The van der Waals surface area contributed by atoms with Crippen LogP contribution in [0.2, 0.25) is 0 Å². The molecular formula is HNdO3VYb. The van der Waals surface area contributed by atoms with Gasteiger partial charge in [-0.2, -0.15) is 0 Å². The normalized spacial score (nSPS) is 4.17. The predicted molar refractivity (Wildman–Crippen MR) is 3.59 cm³/mol. The quantitative estimate of drug-likeness (QED) is 0.562. The molecule has 0 rings (SSSR count). The van der Waals surface area contributed by atoms with Gasteiger partial charge in [-0.05, 0) is 0 Å². The third-order valence-electron chi connectivity index (χ3n) is 0. The molecule has 6 heteroatoms. The van der Waals surface area contributed by atoms with Gasteiger partial charge in [0.2, 0.25) is 0 Å². The molecule has 0 heterocycles. The van der Waals surface area contributed by atoms with Crippen LogP contribution in [0.25, 0.3) is 0 Å². The van der Waals surface area contributed by atoms with Crippen molar-refractivity contribution in [1.82, 2.24) is 0 Å². The SMILES string of the molecule is [Nd].[O]=[V](=[O])[OH].[Yb]. The van der Waals surface area contributed by atoms with E-state index in [4.69, 9.17) is 11.4 Å². The van der Waals surface area contributed by atoms with Crippen LogP contribution in [0.3, 0.4) is 0 Å². The van der Waals surface area contributed by atoms with Gasteiger partial charge in [-0.25, -0.2) is 0 Å². The molecular weight excluding hydrogens is 416 g/mol. The molecule has 0 atom stereocenters. The Balaban J connectivity index is -0.0000000450. The van der Waals surface area contributed by atoms with Crippen molar-refractivity contribution in [2.45, 2.75) is 0 Å². The van der Waals surface area contributed by atoms with E-state index in [2.05, 4.69) is 0 Å². The van der Waals surface area contributed by atoms with Crippen molar-refractivity contribution >= 4 is 0 Å². The minimum absolute atomic E-state index is 0. The fourth-order valence-electron chi connectivity index (χ4n) is 0. The van der Waals surface area contributed by atoms with Crippen molar-refractivity contribution in [1.29, 1.82) is 0 Å². The molecule has 42 valence electrons. The minimum Gasteiger partial charge on any atom is 0 e. The summed E-state index contributed by atoms with van der Waals surface area (Å²) < 4.78 is 24.4. The first-order chi connectivity index (χ1) is 1.73. The number of hydrogen-bond acceptors (Lipinski definition) is 2. The van der Waals surface area contributed by atoms with Crippen molar-refractivity contribution in [2.24, 2.45) is 0 Å². The largest absolute Gasteiger partial charge is 0 e. The molecule has 0 fully saturated rings. The summed E-state index contributed by atoms with van der Waals surface area (Å²) >= 11 is -3.69. The maximum atomic E-state index is 8.67. The molecule has 0 aromatic rings. The number of rotatable bonds is 0. The summed E-state index contributed by atoms with van der Waals surface area (Å²) in [5.41, 5.74) is 0. The first-order valence-corrected chi connectivity index (χ1v) is 2.33. The van der Waals surface area contributed by atoms with E-state index in [1.54, 1.807) is 0 Å². The fraction of sp³-hybridized carbons (Fsp3) is 0. The van der Waals surface area contributed by atoms with Gasteiger partial charge < -0.3 is 0 Å². The summed E-state index contributed by atoms with van der Waals surface area (Å²) in [6.45, 7) is 0. The van der Waals surface area contributed by atoms with Crippen LogP contribution in [-0.2, 0) is 22.7 Å². The molecule has 1 N–H and O–H groups in total. The van der Waals surface area contributed by atoms with E-state index in [1.807, 2.05) is 0 Å². The number of hydrogen-bond donors (Lipinski definition) is 1. The maximum Gasteiger partial charge on any atom is 0 e. The van der Waals surface area contributed by atoms with E-state index in [0.29, 0.717) is 0 Å². The van der Waals surface area contributed by atoms with Crippen molar-refractivity contribution in [3.63, 3.8) is 0 Å². The average molecular weight is 417 g/mol. The summed E-state index contributed by atoms with van der Waals surface area (Å²) in [4.78, 5) is 0. The Morgan fingerprint density at radius 1 is 1.33 bits per heavy atom. The average Bonchev–Trinajstić information content (AvgIpc) is 0.811. The Morgan fingerprint density at radius 3 is 1.33 bits per heavy atom. The third kappa shape index (κ3) is 27.9. The van der Waals surface area contributed by atoms with Crippen LogP contribution in [0.4, 0.5) is 0 Å². The van der Waals surface area contributed by atoms with Crippen LogP contribution in [0.5, 0.6) is 0 Å². The van der Waals surface area contributed by atoms with E-state index >= 15 is 0 Å². The van der Waals surface area contributed by atoms with Gasteiger partial charge in [-0.15, -0.1) is 0 Å². The van der Waals surface area contributed by atoms with E-state index < -0.39 is 15.4 Å². The molecule has 0 saturated carbocycles. The van der Waals surface area contributed by atoms with Gasteiger partial charge in [-0.1, -0.05) is 0 Å². The summed E-state index contributed by atoms with van der Waals surface area (Å²) in [6.07, 6.45) is 0. The first kappa shape index (κ1) is 16.0. The smallest absolute Gasteiger partial charge is 0 e. The van der Waals surface area contributed by atoms with Crippen LogP contribution < -0.4 is 0 Å². The Morgan fingerprint density at radius 2 is 1.33 bits per heavy atom. The Labute approximate surface area is 111 Å². The van der Waals surface area contributed by atoms with Crippen molar-refractivity contribution in [2.75, 3.05) is 0 Å². The zero-order valence-electron chi connectivity index (χ0n) is 2.48. The summed E-state index contributed by atoms with van der Waals surface area (Å²) in [7, 11) is 0. The van der Waals surface area contributed by atoms with Crippen LogP contribution in [0.1, 0.15) is 0 Å². The summed E-state index contributed by atoms with van der Waals surface area (Å²) in [6, 6.07) is 0. The molecule has 0 aliphatic heterocycles. The van der Waals surface area contributed by atoms with Crippen LogP contribution in [0, 0.1) is 87.8 Å². The van der Waals surface area contributed by atoms with Gasteiger partial charge in [0.1, 0.15) is 0 Å². The van der Waals surface area contributed by atoms with Gasteiger partial charge in [0.15, 0.2) is 0 Å². The third-order valence-corrected chi connectivity index (χ3v) is 0. The van der Waals surface area contributed by atoms with E-state index in [9.17, 15) is 0 Å². The van der Waals surface area contributed by atoms with Gasteiger partial charge in [0, 0.05) is 87.8 Å². The van der Waals surface area contributed by atoms with Crippen molar-refractivity contribution in [3.05, 3.63) is 0 Å². The molecule has 0 unspecified atom stereocenters. The van der Waals surface area contributed by atoms with Crippen LogP contribution in [-0.4, -0.2) is 4.03 Å². The molecule has 0 aliphatic carbocycles. The Kier molecular flexibility index (Phi) is 29.1. The second-order valence-corrected chi connectivity index (χ2v) is 0.981. The van der Waals surface area contributed by atoms with Gasteiger partial charge in [0.25, 0.3) is 0 Å². The van der Waals surface area contributed by atoms with Crippen molar-refractivity contribution < 1.29 is 115 Å². The molecule has 0 radical (unpaired) electrons. The molecule has 0 saturated heterocycles. The van der Waals surface area contributed by atoms with E-state index in [-0.39, 0.29) is 87.8 Å². The van der Waals surface area contributed by atoms with Crippen LogP contribution >= 0.6 is 0 Å². The van der Waals surface area contributed by atoms with Gasteiger partial charge in [0.05, 0.1) is 0 Å². The van der Waals surface area contributed by atoms with E-state index in [1.165, 1.54) is 0 Å². The maximum absolute atomic E-state index is 8.67. The summed E-state index contributed by atoms with van der Waals surface area (Å²) in [5.74, 6) is 0. The molecule has 0 aromatic heterocycles. The second kappa shape index (κ2) is 10.9. The zero-order valence-corrected chi connectivity index (χ0v) is 8.80. The second-order valence-electron chi connectivity index (χ2n) is 0.238. The summed E-state index contributed by atoms with van der Waals surface area (Å²) in [5, 5.41) is 0. The molecule has 0 amide bonds. The Bertz CT molecular complexity index is 59.2. The Hall–Kier alpha value is 3.01. The van der Waals surface area contributed by atoms with Crippen LogP contribution in [0.15, 0.2) is 0 Å². The molecule has 0 bridgehead atoms. The molecule has 0 aliphatic rings. The van der Waals surface area contributed by atoms with Gasteiger partial charge >= 0.3 is 26.8 Å². The minimum atomic E-state index is -3.69. The molecule has 0 aromatic carbocycles. The molecule has 3 nitrogen and oxygen atoms in total. The molecule has 0 spiro atoms. The molecule has 6 heavy (non-hydrogen) atoms. The van der Waals surface area contributed by atoms with Gasteiger partial charge in [-0.3, -0.25) is 0 Å². The predicted octanol–water partition coefficient (Wildman–Crippen LogP) is -0.797. The fourth-order valence-corrected chi connectivity index (χ4v) is 0. The standard InChI is InChI=1S/Nd.H2O.2O.V.Yb/h;1H2;;;;/q;;;;+1;/p-1. The topological polar surface area (TPSA) is 54.4 Å². The first-order valence-electron chi connectivity index (χ1n) is 0.565. The monoisotopic (exact) mass is 416 g/mol.